The second-order valence-corrected chi connectivity index (χ2v) is 7.71. The van der Waals surface area contributed by atoms with E-state index in [1.807, 2.05) is 11.0 Å². The number of nitrogens with zero attached hydrogens (tertiary/aromatic N) is 2. The van der Waals surface area contributed by atoms with Crippen LogP contribution in [-0.2, 0) is 4.74 Å². The summed E-state index contributed by atoms with van der Waals surface area (Å²) in [7, 11) is 1.80. The van der Waals surface area contributed by atoms with Crippen LogP contribution in [0.2, 0.25) is 0 Å². The molecule has 0 bridgehead atoms. The summed E-state index contributed by atoms with van der Waals surface area (Å²) in [5.74, 6) is 0.804. The van der Waals surface area contributed by atoms with Gasteiger partial charge in [0.05, 0.1) is 11.8 Å². The van der Waals surface area contributed by atoms with Crippen molar-refractivity contribution in [2.75, 3.05) is 20.2 Å². The Morgan fingerprint density at radius 2 is 2.17 bits per heavy atom. The maximum atomic E-state index is 12.7. The van der Waals surface area contributed by atoms with Crippen molar-refractivity contribution in [2.24, 2.45) is 11.3 Å². The van der Waals surface area contributed by atoms with Gasteiger partial charge in [-0.05, 0) is 25.7 Å². The number of hydrogen-bond donors (Lipinski definition) is 1. The standard InChI is InChI=1S/C18H27N3O3/c1-12-15(18(7-3-8-18)16(12)23-2)19-17(22)21-9-4-13(5-10-21)14-6-11-24-20-14/h6,11-13,15-16H,3-5,7-10H2,1-2H3,(H,19,22). The third-order valence-electron chi connectivity index (χ3n) is 6.66. The van der Waals surface area contributed by atoms with Crippen LogP contribution in [0, 0.1) is 11.3 Å². The lowest BCUT2D eigenvalue weighted by molar-refractivity contribution is -0.198. The quantitative estimate of drug-likeness (QED) is 0.923. The van der Waals surface area contributed by atoms with Gasteiger partial charge in [0.1, 0.15) is 6.26 Å². The van der Waals surface area contributed by atoms with E-state index in [0.717, 1.165) is 31.6 Å². The van der Waals surface area contributed by atoms with Gasteiger partial charge in [-0.25, -0.2) is 4.79 Å². The fraction of sp³-hybridized carbons (Fsp3) is 0.778. The Bertz CT molecular complexity index is 576. The summed E-state index contributed by atoms with van der Waals surface area (Å²) in [6, 6.07) is 2.28. The van der Waals surface area contributed by atoms with Crippen LogP contribution in [0.1, 0.15) is 50.6 Å². The number of amides is 2. The Hall–Kier alpha value is -1.56. The van der Waals surface area contributed by atoms with E-state index in [1.54, 1.807) is 13.4 Å². The molecule has 6 nitrogen and oxygen atoms in total. The van der Waals surface area contributed by atoms with Crippen molar-refractivity contribution in [1.29, 1.82) is 0 Å². The van der Waals surface area contributed by atoms with Crippen LogP contribution < -0.4 is 5.32 Å². The topological polar surface area (TPSA) is 67.6 Å². The molecule has 3 aliphatic rings. The van der Waals surface area contributed by atoms with E-state index in [9.17, 15) is 4.79 Å². The highest BCUT2D eigenvalue weighted by molar-refractivity contribution is 5.75. The molecule has 0 radical (unpaired) electrons. The number of methoxy groups -OCH3 is 1. The van der Waals surface area contributed by atoms with Crippen LogP contribution in [0.5, 0.6) is 0 Å². The van der Waals surface area contributed by atoms with Crippen molar-refractivity contribution in [1.82, 2.24) is 15.4 Å². The Morgan fingerprint density at radius 1 is 1.42 bits per heavy atom. The van der Waals surface area contributed by atoms with Crippen LogP contribution in [0.3, 0.4) is 0 Å². The number of rotatable bonds is 3. The molecule has 3 unspecified atom stereocenters. The van der Waals surface area contributed by atoms with Crippen LogP contribution in [0.15, 0.2) is 16.9 Å². The number of urea groups is 1. The number of aromatic nitrogens is 1. The van der Waals surface area contributed by atoms with Gasteiger partial charge in [-0.3, -0.25) is 0 Å². The Kier molecular flexibility index (Phi) is 4.03. The summed E-state index contributed by atoms with van der Waals surface area (Å²) in [6.07, 6.45) is 7.43. The van der Waals surface area contributed by atoms with Crippen LogP contribution in [0.25, 0.3) is 0 Å². The van der Waals surface area contributed by atoms with E-state index in [2.05, 4.69) is 17.4 Å². The van der Waals surface area contributed by atoms with E-state index in [1.165, 1.54) is 19.3 Å². The first kappa shape index (κ1) is 15.9. The van der Waals surface area contributed by atoms with Crippen molar-refractivity contribution in [3.05, 3.63) is 18.0 Å². The average Bonchev–Trinajstić information content (AvgIpc) is 3.09. The Balaban J connectivity index is 1.33. The number of carbonyl (C=O) groups is 1. The van der Waals surface area contributed by atoms with Gasteiger partial charge >= 0.3 is 6.03 Å². The molecule has 3 fully saturated rings. The summed E-state index contributed by atoms with van der Waals surface area (Å²) in [5.41, 5.74) is 1.21. The molecule has 4 rings (SSSR count). The maximum absolute atomic E-state index is 12.7. The van der Waals surface area contributed by atoms with E-state index in [-0.39, 0.29) is 17.5 Å². The van der Waals surface area contributed by atoms with Crippen molar-refractivity contribution in [2.45, 2.75) is 57.1 Å². The fourth-order valence-corrected chi connectivity index (χ4v) is 5.22. The molecule has 132 valence electrons. The van der Waals surface area contributed by atoms with Crippen LogP contribution >= 0.6 is 0 Å². The molecule has 3 atom stereocenters. The van der Waals surface area contributed by atoms with Gasteiger partial charge < -0.3 is 19.5 Å². The van der Waals surface area contributed by atoms with Crippen molar-refractivity contribution in [3.63, 3.8) is 0 Å². The SMILES string of the molecule is COC1C(C)C(NC(=O)N2CCC(c3ccon3)CC2)C12CCC2. The van der Waals surface area contributed by atoms with E-state index < -0.39 is 0 Å². The second-order valence-electron chi connectivity index (χ2n) is 7.71. The smallest absolute Gasteiger partial charge is 0.317 e. The number of carbonyl (C=O) groups excluding carboxylic acids is 1. The zero-order valence-electron chi connectivity index (χ0n) is 14.5. The lowest BCUT2D eigenvalue weighted by atomic mass is 9.46. The normalized spacial score (nSPS) is 32.2. The molecular formula is C18H27N3O3. The first-order valence-corrected chi connectivity index (χ1v) is 9.14. The first-order valence-electron chi connectivity index (χ1n) is 9.14. The zero-order chi connectivity index (χ0) is 16.7. The molecule has 24 heavy (non-hydrogen) atoms. The van der Waals surface area contributed by atoms with Gasteiger partial charge in [-0.2, -0.15) is 0 Å². The molecule has 1 N–H and O–H groups in total. The fourth-order valence-electron chi connectivity index (χ4n) is 5.22. The highest BCUT2D eigenvalue weighted by Crippen LogP contribution is 2.59. The van der Waals surface area contributed by atoms with Crippen molar-refractivity contribution >= 4 is 6.03 Å². The number of nitrogens with one attached hydrogen (secondary N) is 1. The summed E-state index contributed by atoms with van der Waals surface area (Å²) in [4.78, 5) is 14.7. The van der Waals surface area contributed by atoms with E-state index in [4.69, 9.17) is 9.26 Å². The molecule has 2 amide bonds. The minimum atomic E-state index is 0.0891. The highest BCUT2D eigenvalue weighted by Gasteiger charge is 2.63. The molecular weight excluding hydrogens is 306 g/mol. The van der Waals surface area contributed by atoms with E-state index in [0.29, 0.717) is 17.9 Å². The van der Waals surface area contributed by atoms with Crippen molar-refractivity contribution in [3.8, 4) is 0 Å². The molecule has 6 heteroatoms. The first-order chi connectivity index (χ1) is 11.7. The number of likely N-dealkylation sites (tertiary alicyclic amines) is 1. The lowest BCUT2D eigenvalue weighted by Gasteiger charge is -2.64. The summed E-state index contributed by atoms with van der Waals surface area (Å²) in [6.45, 7) is 3.76. The Labute approximate surface area is 142 Å². The molecule has 1 spiro atoms. The van der Waals surface area contributed by atoms with E-state index >= 15 is 0 Å². The molecule has 1 aromatic rings. The monoisotopic (exact) mass is 333 g/mol. The number of piperidine rings is 1. The minimum absolute atomic E-state index is 0.0891. The number of ether oxygens (including phenoxy) is 1. The zero-order valence-corrected chi connectivity index (χ0v) is 14.5. The average molecular weight is 333 g/mol. The lowest BCUT2D eigenvalue weighted by Crippen LogP contribution is -2.73. The molecule has 2 aliphatic carbocycles. The third kappa shape index (κ3) is 2.34. The van der Waals surface area contributed by atoms with Gasteiger partial charge in [-0.1, -0.05) is 18.5 Å². The molecule has 0 aromatic carbocycles. The summed E-state index contributed by atoms with van der Waals surface area (Å²) in [5, 5.41) is 7.35. The van der Waals surface area contributed by atoms with Gasteiger partial charge in [0.2, 0.25) is 0 Å². The summed E-state index contributed by atoms with van der Waals surface area (Å²) >= 11 is 0. The predicted molar refractivity (Wildman–Crippen MR) is 88.6 cm³/mol. The van der Waals surface area contributed by atoms with Crippen molar-refractivity contribution < 1.29 is 14.1 Å². The minimum Gasteiger partial charge on any atom is -0.380 e. The molecule has 2 heterocycles. The Morgan fingerprint density at radius 3 is 2.71 bits per heavy atom. The second kappa shape index (κ2) is 6.06. The van der Waals surface area contributed by atoms with Crippen LogP contribution in [-0.4, -0.2) is 48.4 Å². The maximum Gasteiger partial charge on any atom is 0.317 e. The van der Waals surface area contributed by atoms with Gasteiger partial charge in [0.25, 0.3) is 0 Å². The molecule has 1 aliphatic heterocycles. The third-order valence-corrected chi connectivity index (χ3v) is 6.66. The largest absolute Gasteiger partial charge is 0.380 e. The molecule has 2 saturated carbocycles. The van der Waals surface area contributed by atoms with Gasteiger partial charge in [-0.15, -0.1) is 0 Å². The molecule has 1 aromatic heterocycles. The molecule has 1 saturated heterocycles. The van der Waals surface area contributed by atoms with Crippen LogP contribution in [0.4, 0.5) is 4.79 Å². The van der Waals surface area contributed by atoms with Gasteiger partial charge in [0, 0.05) is 49.6 Å². The number of hydrogen-bond acceptors (Lipinski definition) is 4. The highest BCUT2D eigenvalue weighted by atomic mass is 16.5. The van der Waals surface area contributed by atoms with Gasteiger partial charge in [0.15, 0.2) is 0 Å². The predicted octanol–water partition coefficient (Wildman–Crippen LogP) is 2.77. The summed E-state index contributed by atoms with van der Waals surface area (Å²) < 4.78 is 10.6.